The molecule has 3 rings (SSSR count). The first kappa shape index (κ1) is 7.37. The standard InChI is InChI=1S/C13H14/c1-2-4-10(5-3-1)8-11-6-7-12-9-13(11)12/h1-7,11-13H,8-9H2/t11-,12-,13-/m0/s1. The fourth-order valence-corrected chi connectivity index (χ4v) is 2.48. The van der Waals surface area contributed by atoms with Gasteiger partial charge < -0.3 is 0 Å². The molecule has 0 aromatic heterocycles. The highest BCUT2D eigenvalue weighted by Gasteiger charge is 2.43. The molecule has 0 saturated heterocycles. The van der Waals surface area contributed by atoms with Crippen LogP contribution in [0.25, 0.3) is 0 Å². The van der Waals surface area contributed by atoms with Gasteiger partial charge in [0.05, 0.1) is 0 Å². The topological polar surface area (TPSA) is 0 Å². The van der Waals surface area contributed by atoms with E-state index >= 15 is 0 Å². The minimum atomic E-state index is 0.840. The lowest BCUT2D eigenvalue weighted by atomic mass is 9.97. The zero-order valence-electron chi connectivity index (χ0n) is 7.69. The van der Waals surface area contributed by atoms with E-state index in [0.717, 1.165) is 17.8 Å². The van der Waals surface area contributed by atoms with Crippen LogP contribution in [-0.2, 0) is 6.42 Å². The van der Waals surface area contributed by atoms with Crippen molar-refractivity contribution in [3.63, 3.8) is 0 Å². The third-order valence-corrected chi connectivity index (χ3v) is 3.36. The first-order chi connectivity index (χ1) is 6.43. The molecule has 0 heterocycles. The molecule has 0 N–H and O–H groups in total. The molecule has 66 valence electrons. The van der Waals surface area contributed by atoms with Gasteiger partial charge in [0.2, 0.25) is 0 Å². The molecule has 0 bridgehead atoms. The van der Waals surface area contributed by atoms with E-state index in [2.05, 4.69) is 42.5 Å². The van der Waals surface area contributed by atoms with Crippen LogP contribution in [0.3, 0.4) is 0 Å². The Labute approximate surface area is 79.3 Å². The number of fused-ring (bicyclic) bond motifs is 1. The minimum Gasteiger partial charge on any atom is -0.0848 e. The maximum absolute atomic E-state index is 2.42. The molecule has 1 aromatic rings. The van der Waals surface area contributed by atoms with Gasteiger partial charge in [-0.3, -0.25) is 0 Å². The van der Waals surface area contributed by atoms with Gasteiger partial charge in [0, 0.05) is 0 Å². The van der Waals surface area contributed by atoms with Crippen molar-refractivity contribution in [1.82, 2.24) is 0 Å². The summed E-state index contributed by atoms with van der Waals surface area (Å²) < 4.78 is 0. The first-order valence-corrected chi connectivity index (χ1v) is 5.16. The van der Waals surface area contributed by atoms with Crippen LogP contribution in [0.4, 0.5) is 0 Å². The third kappa shape index (κ3) is 1.31. The van der Waals surface area contributed by atoms with E-state index in [1.807, 2.05) is 0 Å². The number of hydrogen-bond acceptors (Lipinski definition) is 0. The lowest BCUT2D eigenvalue weighted by Crippen LogP contribution is -2.01. The average Bonchev–Trinajstić information content (AvgIpc) is 2.86. The van der Waals surface area contributed by atoms with Crippen LogP contribution in [0.1, 0.15) is 12.0 Å². The number of benzene rings is 1. The first-order valence-electron chi connectivity index (χ1n) is 5.16. The van der Waals surface area contributed by atoms with Crippen molar-refractivity contribution in [3.8, 4) is 0 Å². The van der Waals surface area contributed by atoms with Crippen molar-refractivity contribution in [3.05, 3.63) is 48.0 Å². The predicted molar refractivity (Wildman–Crippen MR) is 54.4 cm³/mol. The van der Waals surface area contributed by atoms with Crippen LogP contribution in [0, 0.1) is 17.8 Å². The van der Waals surface area contributed by atoms with E-state index in [-0.39, 0.29) is 0 Å². The van der Waals surface area contributed by atoms with Gasteiger partial charge in [-0.05, 0) is 36.2 Å². The summed E-state index contributed by atoms with van der Waals surface area (Å²) in [5.41, 5.74) is 1.49. The van der Waals surface area contributed by atoms with Gasteiger partial charge in [0.15, 0.2) is 0 Å². The molecular formula is C13H14. The number of rotatable bonds is 2. The molecule has 13 heavy (non-hydrogen) atoms. The second-order valence-electron chi connectivity index (χ2n) is 4.30. The molecule has 1 aromatic carbocycles. The molecule has 2 aliphatic carbocycles. The molecule has 0 unspecified atom stereocenters. The lowest BCUT2D eigenvalue weighted by molar-refractivity contribution is 0.572. The number of hydrogen-bond donors (Lipinski definition) is 0. The Morgan fingerprint density at radius 2 is 1.92 bits per heavy atom. The molecule has 0 heteroatoms. The fourth-order valence-electron chi connectivity index (χ4n) is 2.48. The molecule has 1 saturated carbocycles. The van der Waals surface area contributed by atoms with E-state index in [9.17, 15) is 0 Å². The van der Waals surface area contributed by atoms with Crippen LogP contribution in [-0.4, -0.2) is 0 Å². The van der Waals surface area contributed by atoms with Gasteiger partial charge >= 0.3 is 0 Å². The summed E-state index contributed by atoms with van der Waals surface area (Å²) in [7, 11) is 0. The maximum Gasteiger partial charge on any atom is -0.0159 e. The van der Waals surface area contributed by atoms with Crippen molar-refractivity contribution >= 4 is 0 Å². The molecule has 0 nitrogen and oxygen atoms in total. The van der Waals surface area contributed by atoms with E-state index in [4.69, 9.17) is 0 Å². The highest BCUT2D eigenvalue weighted by atomic mass is 14.5. The Kier molecular flexibility index (Phi) is 1.55. The zero-order valence-corrected chi connectivity index (χ0v) is 7.69. The van der Waals surface area contributed by atoms with Crippen LogP contribution in [0.15, 0.2) is 42.5 Å². The fraction of sp³-hybridized carbons (Fsp3) is 0.385. The molecule has 0 amide bonds. The summed E-state index contributed by atoms with van der Waals surface area (Å²) in [6, 6.07) is 10.8. The van der Waals surface area contributed by atoms with Crippen molar-refractivity contribution in [1.29, 1.82) is 0 Å². The zero-order chi connectivity index (χ0) is 8.67. The molecule has 0 spiro atoms. The van der Waals surface area contributed by atoms with E-state index in [1.54, 1.807) is 0 Å². The quantitative estimate of drug-likeness (QED) is 0.598. The van der Waals surface area contributed by atoms with E-state index in [0.29, 0.717) is 0 Å². The molecule has 1 fully saturated rings. The Morgan fingerprint density at radius 3 is 2.54 bits per heavy atom. The monoisotopic (exact) mass is 170 g/mol. The SMILES string of the molecule is C1=C[C@H]2C[C@H]2[C@@H]1Cc1ccccc1. The summed E-state index contributed by atoms with van der Waals surface area (Å²) in [6.07, 6.45) is 7.54. The second kappa shape index (κ2) is 2.73. The number of allylic oxidation sites excluding steroid dienone is 2. The summed E-state index contributed by atoms with van der Waals surface area (Å²) in [6.45, 7) is 0. The Balaban J connectivity index is 1.73. The van der Waals surface area contributed by atoms with Crippen molar-refractivity contribution in [2.45, 2.75) is 12.8 Å². The lowest BCUT2D eigenvalue weighted by Gasteiger charge is -2.08. The van der Waals surface area contributed by atoms with Gasteiger partial charge in [-0.2, -0.15) is 0 Å². The maximum atomic E-state index is 2.42. The normalized spacial score (nSPS) is 34.6. The highest BCUT2D eigenvalue weighted by Crippen LogP contribution is 2.51. The largest absolute Gasteiger partial charge is 0.0848 e. The second-order valence-corrected chi connectivity index (χ2v) is 4.30. The minimum absolute atomic E-state index is 0.840. The average molecular weight is 170 g/mol. The summed E-state index contributed by atoms with van der Waals surface area (Å²) in [4.78, 5) is 0. The van der Waals surface area contributed by atoms with Gasteiger partial charge in [-0.1, -0.05) is 42.5 Å². The van der Waals surface area contributed by atoms with Crippen LogP contribution < -0.4 is 0 Å². The molecule has 3 atom stereocenters. The van der Waals surface area contributed by atoms with Crippen molar-refractivity contribution < 1.29 is 0 Å². The van der Waals surface area contributed by atoms with Crippen LogP contribution in [0.2, 0.25) is 0 Å². The van der Waals surface area contributed by atoms with Crippen molar-refractivity contribution in [2.75, 3.05) is 0 Å². The van der Waals surface area contributed by atoms with Crippen LogP contribution in [0.5, 0.6) is 0 Å². The van der Waals surface area contributed by atoms with Crippen LogP contribution >= 0.6 is 0 Å². The van der Waals surface area contributed by atoms with Crippen molar-refractivity contribution in [2.24, 2.45) is 17.8 Å². The summed E-state index contributed by atoms with van der Waals surface area (Å²) >= 11 is 0. The molecular weight excluding hydrogens is 156 g/mol. The predicted octanol–water partition coefficient (Wildman–Crippen LogP) is 3.05. The van der Waals surface area contributed by atoms with Gasteiger partial charge in [0.1, 0.15) is 0 Å². The Bertz CT molecular complexity index is 323. The third-order valence-electron chi connectivity index (χ3n) is 3.36. The highest BCUT2D eigenvalue weighted by molar-refractivity contribution is 5.22. The van der Waals surface area contributed by atoms with E-state index < -0.39 is 0 Å². The van der Waals surface area contributed by atoms with Gasteiger partial charge in [0.25, 0.3) is 0 Å². The summed E-state index contributed by atoms with van der Waals surface area (Å²) in [5, 5.41) is 0. The molecule has 0 radical (unpaired) electrons. The molecule has 0 aliphatic heterocycles. The Hall–Kier alpha value is -1.04. The van der Waals surface area contributed by atoms with Gasteiger partial charge in [-0.15, -0.1) is 0 Å². The Morgan fingerprint density at radius 1 is 1.08 bits per heavy atom. The van der Waals surface area contributed by atoms with E-state index in [1.165, 1.54) is 18.4 Å². The smallest absolute Gasteiger partial charge is 0.0159 e. The summed E-state index contributed by atoms with van der Waals surface area (Å²) in [5.74, 6) is 2.79. The van der Waals surface area contributed by atoms with Gasteiger partial charge in [-0.25, -0.2) is 0 Å². The molecule has 2 aliphatic rings.